The number of benzene rings is 1. The van der Waals surface area contributed by atoms with E-state index in [4.69, 9.17) is 4.74 Å². The highest BCUT2D eigenvalue weighted by Gasteiger charge is 2.62. The van der Waals surface area contributed by atoms with E-state index in [9.17, 15) is 29.1 Å². The number of piperidine rings is 1. The van der Waals surface area contributed by atoms with E-state index in [2.05, 4.69) is 24.3 Å². The van der Waals surface area contributed by atoms with Gasteiger partial charge in [-0.25, -0.2) is 0 Å². The van der Waals surface area contributed by atoms with Gasteiger partial charge in [-0.2, -0.15) is 5.10 Å². The first-order valence-electron chi connectivity index (χ1n) is 19.9. The molecule has 54 heavy (non-hydrogen) atoms. The Balaban J connectivity index is 1.10. The molecule has 0 radical (unpaired) electrons. The monoisotopic (exact) mass is 744 g/mol. The van der Waals surface area contributed by atoms with Crippen molar-refractivity contribution in [2.24, 2.45) is 34.5 Å². The van der Waals surface area contributed by atoms with Crippen LogP contribution < -0.4 is 5.32 Å². The number of carbonyl (C=O) groups excluding carboxylic acids is 4. The molecule has 2 saturated carbocycles. The van der Waals surface area contributed by atoms with Crippen molar-refractivity contribution in [2.45, 2.75) is 90.8 Å². The number of carboxylic acids is 1. The second-order valence-corrected chi connectivity index (χ2v) is 17.4. The third kappa shape index (κ3) is 8.06. The molecule has 1 spiro atoms. The fourth-order valence-corrected chi connectivity index (χ4v) is 9.24. The summed E-state index contributed by atoms with van der Waals surface area (Å²) in [6.07, 6.45) is 10.2. The average Bonchev–Trinajstić information content (AvgIpc) is 3.45. The Bertz CT molecular complexity index is 1710. The van der Waals surface area contributed by atoms with E-state index in [1.54, 1.807) is 33.8 Å². The minimum atomic E-state index is -1.03. The van der Waals surface area contributed by atoms with Crippen LogP contribution >= 0.6 is 0 Å². The van der Waals surface area contributed by atoms with Crippen molar-refractivity contribution in [1.29, 1.82) is 0 Å². The minimum absolute atomic E-state index is 0.0381. The molecule has 5 aliphatic rings. The number of likely N-dealkylation sites (tertiary alicyclic amines) is 3. The van der Waals surface area contributed by atoms with Gasteiger partial charge in [0, 0.05) is 63.4 Å². The minimum Gasteiger partial charge on any atom is -0.481 e. The van der Waals surface area contributed by atoms with Gasteiger partial charge in [0.15, 0.2) is 0 Å². The van der Waals surface area contributed by atoms with E-state index in [1.807, 2.05) is 35.2 Å². The number of ether oxygens (including phenoxy) is 1. The molecule has 292 valence electrons. The molecule has 5 fully saturated rings. The Morgan fingerprint density at radius 2 is 1.63 bits per heavy atom. The zero-order chi connectivity index (χ0) is 38.2. The van der Waals surface area contributed by atoms with E-state index < -0.39 is 35.4 Å². The van der Waals surface area contributed by atoms with Gasteiger partial charge in [0.1, 0.15) is 6.04 Å². The summed E-state index contributed by atoms with van der Waals surface area (Å²) < 4.78 is 8.07. The molecule has 5 atom stereocenters. The molecule has 1 aromatic heterocycles. The molecule has 1 aromatic carbocycles. The Morgan fingerprint density at radius 3 is 2.31 bits per heavy atom. The predicted molar refractivity (Wildman–Crippen MR) is 199 cm³/mol. The number of hydrogen-bond acceptors (Lipinski definition) is 7. The maximum Gasteiger partial charge on any atom is 0.308 e. The van der Waals surface area contributed by atoms with Gasteiger partial charge in [-0.1, -0.05) is 63.4 Å². The number of rotatable bonds is 12. The number of nitrogens with one attached hydrogen (secondary N) is 1. The maximum absolute atomic E-state index is 14.6. The number of carbonyl (C=O) groups is 5. The van der Waals surface area contributed by atoms with Crippen molar-refractivity contribution in [1.82, 2.24) is 29.8 Å². The van der Waals surface area contributed by atoms with Crippen molar-refractivity contribution in [2.75, 3.05) is 45.9 Å². The van der Waals surface area contributed by atoms with E-state index in [-0.39, 0.29) is 48.1 Å². The van der Waals surface area contributed by atoms with E-state index in [0.29, 0.717) is 63.7 Å². The van der Waals surface area contributed by atoms with E-state index in [1.165, 1.54) is 6.42 Å². The first kappa shape index (κ1) is 38.0. The lowest BCUT2D eigenvalue weighted by atomic mass is 9.70. The number of hydrogen-bond donors (Lipinski definition) is 2. The van der Waals surface area contributed by atoms with Crippen molar-refractivity contribution >= 4 is 29.6 Å². The first-order valence-corrected chi connectivity index (χ1v) is 19.9. The van der Waals surface area contributed by atoms with Gasteiger partial charge < -0.3 is 29.9 Å². The highest BCUT2D eigenvalue weighted by molar-refractivity contribution is 5.96. The fourth-order valence-electron chi connectivity index (χ4n) is 9.24. The van der Waals surface area contributed by atoms with Gasteiger partial charge in [-0.05, 0) is 55.9 Å². The molecule has 4 heterocycles. The molecule has 3 saturated heterocycles. The highest BCUT2D eigenvalue weighted by atomic mass is 16.5. The number of amides is 4. The molecular formula is C41H56N6O7. The third-order valence-corrected chi connectivity index (χ3v) is 12.9. The number of aliphatic carboxylic acids is 1. The number of carboxylic acid groups (broad SMARTS) is 1. The second kappa shape index (κ2) is 15.5. The molecule has 2 aliphatic carbocycles. The molecular weight excluding hydrogens is 688 g/mol. The lowest BCUT2D eigenvalue weighted by Gasteiger charge is -2.50. The van der Waals surface area contributed by atoms with Gasteiger partial charge in [0.2, 0.25) is 17.7 Å². The lowest BCUT2D eigenvalue weighted by molar-refractivity contribution is -0.153. The molecule has 13 heteroatoms. The summed E-state index contributed by atoms with van der Waals surface area (Å²) in [4.78, 5) is 73.3. The molecule has 2 N–H and O–H groups in total. The van der Waals surface area contributed by atoms with Gasteiger partial charge in [-0.3, -0.25) is 28.7 Å². The SMILES string of the molecule is C[C@@H](OCC1CCCCC1)[C@H](NC(=O)[C@@H]1CN(C(=O)c2cnn(Cc3ccccc3)c2)CC12CN(C(=O)[C@H]1CC1(C)C)C2)C(=O)N1CCC[C@@H](C(=O)O)C1. The van der Waals surface area contributed by atoms with Crippen LogP contribution in [0.1, 0.15) is 88.1 Å². The van der Waals surface area contributed by atoms with Crippen LogP contribution in [0.2, 0.25) is 0 Å². The van der Waals surface area contributed by atoms with Crippen LogP contribution in [0.3, 0.4) is 0 Å². The van der Waals surface area contributed by atoms with Crippen LogP contribution in [0.25, 0.3) is 0 Å². The zero-order valence-electron chi connectivity index (χ0n) is 32.0. The van der Waals surface area contributed by atoms with Crippen molar-refractivity contribution in [3.63, 3.8) is 0 Å². The molecule has 0 unspecified atom stereocenters. The molecule has 2 aromatic rings. The van der Waals surface area contributed by atoms with Crippen molar-refractivity contribution in [3.05, 3.63) is 53.9 Å². The van der Waals surface area contributed by atoms with Gasteiger partial charge in [0.25, 0.3) is 5.91 Å². The summed E-state index contributed by atoms with van der Waals surface area (Å²) in [6.45, 7) is 8.61. The summed E-state index contributed by atoms with van der Waals surface area (Å²) >= 11 is 0. The number of nitrogens with zero attached hydrogens (tertiary/aromatic N) is 5. The standard InChI is InChI=1S/C41H56N6O7/c1-27(54-23-29-13-8-5-9-14-29)34(38(51)44-16-10-15-30(20-44)39(52)53)43-35(48)33-22-45(24-41(33)25-46(26-41)37(50)32-17-40(32,2)3)36(49)31-18-42-47(21-31)19-28-11-6-4-7-12-28/h4,6-7,11-12,18,21,27,29-30,32-34H,5,8-10,13-17,19-20,22-26H2,1-3H3,(H,43,48)(H,52,53)/t27-,30-,32-,33+,34+/m1/s1. The lowest BCUT2D eigenvalue weighted by Crippen LogP contribution is -2.65. The average molecular weight is 745 g/mol. The van der Waals surface area contributed by atoms with Crippen LogP contribution in [0.4, 0.5) is 0 Å². The Hall–Kier alpha value is -4.26. The van der Waals surface area contributed by atoms with Crippen molar-refractivity contribution < 1.29 is 33.8 Å². The summed E-state index contributed by atoms with van der Waals surface area (Å²) in [5, 5.41) is 17.3. The third-order valence-electron chi connectivity index (χ3n) is 12.9. The van der Waals surface area contributed by atoms with Crippen LogP contribution in [0, 0.1) is 34.5 Å². The Labute approximate surface area is 317 Å². The zero-order valence-corrected chi connectivity index (χ0v) is 32.0. The summed E-state index contributed by atoms with van der Waals surface area (Å²) in [5.41, 5.74) is 0.765. The first-order chi connectivity index (χ1) is 25.8. The summed E-state index contributed by atoms with van der Waals surface area (Å²) in [5.74, 6) is -2.78. The Kier molecular flexibility index (Phi) is 10.9. The normalized spacial score (nSPS) is 25.8. The van der Waals surface area contributed by atoms with Gasteiger partial charge >= 0.3 is 5.97 Å². The fraction of sp³-hybridized carbons (Fsp3) is 0.659. The largest absolute Gasteiger partial charge is 0.481 e. The van der Waals surface area contributed by atoms with Crippen LogP contribution in [-0.4, -0.2) is 117 Å². The van der Waals surface area contributed by atoms with Crippen LogP contribution in [0.5, 0.6) is 0 Å². The summed E-state index contributed by atoms with van der Waals surface area (Å²) in [7, 11) is 0. The van der Waals surface area contributed by atoms with Gasteiger partial charge in [-0.15, -0.1) is 0 Å². The number of aromatic nitrogens is 2. The molecule has 7 rings (SSSR count). The van der Waals surface area contributed by atoms with Gasteiger partial charge in [0.05, 0.1) is 36.2 Å². The second-order valence-electron chi connectivity index (χ2n) is 17.4. The van der Waals surface area contributed by atoms with Crippen LogP contribution in [0.15, 0.2) is 42.7 Å². The highest BCUT2D eigenvalue weighted by Crippen LogP contribution is 2.54. The van der Waals surface area contributed by atoms with Crippen molar-refractivity contribution in [3.8, 4) is 0 Å². The molecule has 3 aliphatic heterocycles. The van der Waals surface area contributed by atoms with E-state index >= 15 is 0 Å². The predicted octanol–water partition coefficient (Wildman–Crippen LogP) is 3.67. The molecule has 13 nitrogen and oxygen atoms in total. The topological polar surface area (TPSA) is 154 Å². The molecule has 0 bridgehead atoms. The quantitative estimate of drug-likeness (QED) is 0.334. The smallest absolute Gasteiger partial charge is 0.308 e. The van der Waals surface area contributed by atoms with E-state index in [0.717, 1.165) is 37.7 Å². The van der Waals surface area contributed by atoms with Crippen LogP contribution in [-0.2, 0) is 30.5 Å². The maximum atomic E-state index is 14.6. The Morgan fingerprint density at radius 1 is 0.926 bits per heavy atom. The summed E-state index contributed by atoms with van der Waals surface area (Å²) in [6, 6.07) is 8.83. The molecule has 4 amide bonds.